The van der Waals surface area contributed by atoms with Gasteiger partial charge in [0.2, 0.25) is 0 Å². The van der Waals surface area contributed by atoms with E-state index in [9.17, 15) is 4.79 Å². The van der Waals surface area contributed by atoms with Gasteiger partial charge in [0.1, 0.15) is 0 Å². The van der Waals surface area contributed by atoms with Gasteiger partial charge in [-0.25, -0.2) is 0 Å². The van der Waals surface area contributed by atoms with Crippen LogP contribution in [0.4, 0.5) is 0 Å². The predicted molar refractivity (Wildman–Crippen MR) is 57.3 cm³/mol. The van der Waals surface area contributed by atoms with Crippen LogP contribution in [0.2, 0.25) is 0 Å². The summed E-state index contributed by atoms with van der Waals surface area (Å²) in [5.41, 5.74) is -0.00410. The van der Waals surface area contributed by atoms with Crippen molar-refractivity contribution in [2.45, 2.75) is 48.0 Å². The standard InChI is InChI=1S/C11H23NO2/c1-10(2,3)7-8(9(13)14-12)11(4,5)6/h8H,7,12H2,1-6H3. The van der Waals surface area contributed by atoms with Crippen LogP contribution >= 0.6 is 0 Å². The van der Waals surface area contributed by atoms with Gasteiger partial charge in [-0.05, 0) is 17.3 Å². The molecule has 0 aromatic rings. The smallest absolute Gasteiger partial charge is 0.328 e. The van der Waals surface area contributed by atoms with Gasteiger partial charge in [0.25, 0.3) is 0 Å². The van der Waals surface area contributed by atoms with E-state index < -0.39 is 0 Å². The van der Waals surface area contributed by atoms with E-state index in [4.69, 9.17) is 5.90 Å². The van der Waals surface area contributed by atoms with E-state index in [1.165, 1.54) is 0 Å². The van der Waals surface area contributed by atoms with E-state index in [2.05, 4.69) is 25.6 Å². The van der Waals surface area contributed by atoms with Crippen LogP contribution in [0, 0.1) is 16.7 Å². The maximum absolute atomic E-state index is 11.5. The van der Waals surface area contributed by atoms with Crippen molar-refractivity contribution in [3.05, 3.63) is 0 Å². The molecule has 0 bridgehead atoms. The number of hydrogen-bond donors (Lipinski definition) is 1. The Kier molecular flexibility index (Phi) is 4.13. The molecule has 0 aliphatic rings. The van der Waals surface area contributed by atoms with Crippen molar-refractivity contribution >= 4 is 5.97 Å². The van der Waals surface area contributed by atoms with Crippen molar-refractivity contribution in [1.82, 2.24) is 0 Å². The Balaban J connectivity index is 4.67. The normalized spacial score (nSPS) is 15.1. The molecule has 0 saturated heterocycles. The van der Waals surface area contributed by atoms with Crippen LogP contribution < -0.4 is 5.90 Å². The Morgan fingerprint density at radius 3 is 1.86 bits per heavy atom. The van der Waals surface area contributed by atoms with E-state index in [0.29, 0.717) is 0 Å². The zero-order valence-electron chi connectivity index (χ0n) is 10.2. The van der Waals surface area contributed by atoms with Crippen molar-refractivity contribution in [3.8, 4) is 0 Å². The summed E-state index contributed by atoms with van der Waals surface area (Å²) in [4.78, 5) is 15.8. The monoisotopic (exact) mass is 201 g/mol. The van der Waals surface area contributed by atoms with E-state index in [-0.39, 0.29) is 22.7 Å². The summed E-state index contributed by atoms with van der Waals surface area (Å²) >= 11 is 0. The van der Waals surface area contributed by atoms with Gasteiger partial charge in [0, 0.05) is 0 Å². The summed E-state index contributed by atoms with van der Waals surface area (Å²) < 4.78 is 0. The molecule has 0 amide bonds. The Labute approximate surface area is 87.0 Å². The lowest BCUT2D eigenvalue weighted by Gasteiger charge is -2.33. The Bertz CT molecular complexity index is 198. The van der Waals surface area contributed by atoms with Gasteiger partial charge in [-0.15, -0.1) is 0 Å². The van der Waals surface area contributed by atoms with Gasteiger partial charge in [-0.3, -0.25) is 4.79 Å². The minimum atomic E-state index is -0.313. The van der Waals surface area contributed by atoms with Crippen LogP contribution in [0.5, 0.6) is 0 Å². The summed E-state index contributed by atoms with van der Waals surface area (Å²) in [6, 6.07) is 0. The van der Waals surface area contributed by atoms with Crippen LogP contribution in [-0.2, 0) is 9.63 Å². The fourth-order valence-electron chi connectivity index (χ4n) is 1.44. The summed E-state index contributed by atoms with van der Waals surface area (Å²) in [7, 11) is 0. The Morgan fingerprint density at radius 2 is 1.64 bits per heavy atom. The molecule has 0 aliphatic heterocycles. The molecule has 3 heteroatoms. The van der Waals surface area contributed by atoms with Gasteiger partial charge in [-0.2, -0.15) is 5.90 Å². The molecule has 0 radical (unpaired) electrons. The first kappa shape index (κ1) is 13.4. The highest BCUT2D eigenvalue weighted by atomic mass is 16.7. The van der Waals surface area contributed by atoms with E-state index in [1.54, 1.807) is 0 Å². The molecule has 0 aromatic heterocycles. The average molecular weight is 201 g/mol. The van der Waals surface area contributed by atoms with E-state index >= 15 is 0 Å². The highest BCUT2D eigenvalue weighted by Gasteiger charge is 2.35. The van der Waals surface area contributed by atoms with Gasteiger partial charge < -0.3 is 4.84 Å². The molecular weight excluding hydrogens is 178 g/mol. The molecular formula is C11H23NO2. The van der Waals surface area contributed by atoms with Crippen LogP contribution in [0.15, 0.2) is 0 Å². The molecule has 1 unspecified atom stereocenters. The highest BCUT2D eigenvalue weighted by molar-refractivity contribution is 5.73. The van der Waals surface area contributed by atoms with E-state index in [0.717, 1.165) is 6.42 Å². The molecule has 0 saturated carbocycles. The number of hydrogen-bond acceptors (Lipinski definition) is 3. The molecule has 0 heterocycles. The summed E-state index contributed by atoms with van der Waals surface area (Å²) in [5.74, 6) is 4.48. The quantitative estimate of drug-likeness (QED) is 0.698. The van der Waals surface area contributed by atoms with Crippen LogP contribution in [0.25, 0.3) is 0 Å². The predicted octanol–water partition coefficient (Wildman–Crippen LogP) is 2.50. The number of nitrogens with two attached hydrogens (primary N) is 1. The van der Waals surface area contributed by atoms with Crippen molar-refractivity contribution in [2.24, 2.45) is 22.6 Å². The SMILES string of the molecule is CC(C)(C)CC(C(=O)ON)C(C)(C)C. The lowest BCUT2D eigenvalue weighted by molar-refractivity contribution is -0.154. The third kappa shape index (κ3) is 4.61. The van der Waals surface area contributed by atoms with Gasteiger partial charge >= 0.3 is 5.97 Å². The lowest BCUT2D eigenvalue weighted by atomic mass is 9.72. The third-order valence-electron chi connectivity index (χ3n) is 2.26. The summed E-state index contributed by atoms with van der Waals surface area (Å²) in [5, 5.41) is 0. The minimum absolute atomic E-state index is 0.103. The number of carbonyl (C=O) groups is 1. The maximum atomic E-state index is 11.5. The maximum Gasteiger partial charge on any atom is 0.328 e. The Hall–Kier alpha value is -0.570. The number of carbonyl (C=O) groups excluding carboxylic acids is 1. The number of rotatable bonds is 2. The Morgan fingerprint density at radius 1 is 1.21 bits per heavy atom. The van der Waals surface area contributed by atoms with Gasteiger partial charge in [0.05, 0.1) is 5.92 Å². The first-order chi connectivity index (χ1) is 6.08. The molecule has 0 aliphatic carbocycles. The topological polar surface area (TPSA) is 52.3 Å². The molecule has 0 rings (SSSR count). The first-order valence-electron chi connectivity index (χ1n) is 4.98. The molecule has 2 N–H and O–H groups in total. The average Bonchev–Trinajstić information content (AvgIpc) is 1.95. The van der Waals surface area contributed by atoms with Gasteiger partial charge in [0.15, 0.2) is 0 Å². The molecule has 14 heavy (non-hydrogen) atoms. The van der Waals surface area contributed by atoms with Gasteiger partial charge in [-0.1, -0.05) is 41.5 Å². The molecule has 84 valence electrons. The van der Waals surface area contributed by atoms with Crippen molar-refractivity contribution in [2.75, 3.05) is 0 Å². The summed E-state index contributed by atoms with van der Waals surface area (Å²) in [6.45, 7) is 12.4. The third-order valence-corrected chi connectivity index (χ3v) is 2.26. The molecule has 1 atom stereocenters. The molecule has 0 spiro atoms. The second-order valence-electron chi connectivity index (χ2n) is 6.12. The molecule has 0 fully saturated rings. The first-order valence-corrected chi connectivity index (χ1v) is 4.98. The zero-order valence-corrected chi connectivity index (χ0v) is 10.2. The lowest BCUT2D eigenvalue weighted by Crippen LogP contribution is -2.34. The summed E-state index contributed by atoms with van der Waals surface area (Å²) in [6.07, 6.45) is 0.784. The molecule has 0 aromatic carbocycles. The van der Waals surface area contributed by atoms with Crippen LogP contribution in [0.3, 0.4) is 0 Å². The van der Waals surface area contributed by atoms with Crippen molar-refractivity contribution < 1.29 is 9.63 Å². The second kappa shape index (κ2) is 4.30. The van der Waals surface area contributed by atoms with Crippen molar-refractivity contribution in [1.29, 1.82) is 0 Å². The van der Waals surface area contributed by atoms with Crippen molar-refractivity contribution in [3.63, 3.8) is 0 Å². The minimum Gasteiger partial charge on any atom is -0.373 e. The van der Waals surface area contributed by atoms with E-state index in [1.807, 2.05) is 20.8 Å². The highest BCUT2D eigenvalue weighted by Crippen LogP contribution is 2.36. The fourth-order valence-corrected chi connectivity index (χ4v) is 1.44. The second-order valence-corrected chi connectivity index (χ2v) is 6.12. The fraction of sp³-hybridized carbons (Fsp3) is 0.909. The molecule has 3 nitrogen and oxygen atoms in total. The zero-order chi connectivity index (χ0) is 11.6. The van der Waals surface area contributed by atoms with Crippen LogP contribution in [0.1, 0.15) is 48.0 Å². The largest absolute Gasteiger partial charge is 0.373 e. The van der Waals surface area contributed by atoms with Crippen LogP contribution in [-0.4, -0.2) is 5.97 Å².